The molecule has 0 amide bonds. The van der Waals surface area contributed by atoms with Gasteiger partial charge in [-0.15, -0.1) is 10.2 Å². The van der Waals surface area contributed by atoms with Gasteiger partial charge in [-0.1, -0.05) is 11.6 Å². The Morgan fingerprint density at radius 3 is 3.12 bits per heavy atom. The molecule has 17 heavy (non-hydrogen) atoms. The third-order valence-electron chi connectivity index (χ3n) is 3.40. The van der Waals surface area contributed by atoms with Crippen LogP contribution in [0.4, 0.5) is 0 Å². The number of hydrogen-bond donors (Lipinski definition) is 0. The average molecular weight is 251 g/mol. The summed E-state index contributed by atoms with van der Waals surface area (Å²) in [6.07, 6.45) is 4.39. The van der Waals surface area contributed by atoms with E-state index in [1.165, 1.54) is 19.4 Å². The van der Waals surface area contributed by atoms with Gasteiger partial charge in [-0.25, -0.2) is 0 Å². The molecule has 1 fully saturated rings. The fraction of sp³-hybridized carbons (Fsp3) is 0.500. The smallest absolute Gasteiger partial charge is 0.179 e. The van der Waals surface area contributed by atoms with Gasteiger partial charge in [-0.05, 0) is 38.6 Å². The fourth-order valence-electron chi connectivity index (χ4n) is 2.56. The van der Waals surface area contributed by atoms with Crippen LogP contribution in [0.15, 0.2) is 18.3 Å². The van der Waals surface area contributed by atoms with Gasteiger partial charge in [0.15, 0.2) is 5.65 Å². The van der Waals surface area contributed by atoms with Crippen LogP contribution in [0.5, 0.6) is 0 Å². The van der Waals surface area contributed by atoms with Gasteiger partial charge in [0.25, 0.3) is 0 Å². The summed E-state index contributed by atoms with van der Waals surface area (Å²) in [5.41, 5.74) is 0.761. The number of aromatic nitrogens is 3. The summed E-state index contributed by atoms with van der Waals surface area (Å²) in [5, 5.41) is 9.16. The molecule has 0 bridgehead atoms. The lowest BCUT2D eigenvalue weighted by Gasteiger charge is -2.28. The summed E-state index contributed by atoms with van der Waals surface area (Å²) < 4.78 is 2.02. The molecule has 1 unspecified atom stereocenters. The van der Waals surface area contributed by atoms with Crippen LogP contribution in [0.25, 0.3) is 5.65 Å². The Bertz CT molecular complexity index is 536. The number of likely N-dealkylation sites (tertiary alicyclic amines) is 1. The summed E-state index contributed by atoms with van der Waals surface area (Å²) in [6.45, 7) is 2.22. The molecule has 0 radical (unpaired) electrons. The number of nitrogens with zero attached hydrogens (tertiary/aromatic N) is 4. The molecule has 1 aliphatic heterocycles. The molecule has 1 aliphatic rings. The SMILES string of the molecule is CN1CCCC(c2nnc3c(Cl)cccn23)C1. The molecule has 2 aromatic rings. The number of halogens is 1. The molecule has 0 saturated carbocycles. The van der Waals surface area contributed by atoms with E-state index in [-0.39, 0.29) is 0 Å². The van der Waals surface area contributed by atoms with Crippen molar-refractivity contribution in [3.63, 3.8) is 0 Å². The summed E-state index contributed by atoms with van der Waals surface area (Å²) >= 11 is 6.10. The highest BCUT2D eigenvalue weighted by atomic mass is 35.5. The van der Waals surface area contributed by atoms with E-state index < -0.39 is 0 Å². The van der Waals surface area contributed by atoms with Crippen molar-refractivity contribution < 1.29 is 0 Å². The summed E-state index contributed by atoms with van der Waals surface area (Å²) in [4.78, 5) is 2.35. The van der Waals surface area contributed by atoms with Gasteiger partial charge in [-0.3, -0.25) is 4.40 Å². The number of piperidine rings is 1. The first kappa shape index (κ1) is 11.0. The zero-order valence-electron chi connectivity index (χ0n) is 9.80. The van der Waals surface area contributed by atoms with Crippen molar-refractivity contribution in [3.8, 4) is 0 Å². The highest BCUT2D eigenvalue weighted by Crippen LogP contribution is 2.26. The number of likely N-dealkylation sites (N-methyl/N-ethyl adjacent to an activating group) is 1. The highest BCUT2D eigenvalue weighted by molar-refractivity contribution is 6.33. The van der Waals surface area contributed by atoms with Crippen molar-refractivity contribution in [2.24, 2.45) is 0 Å². The lowest BCUT2D eigenvalue weighted by Crippen LogP contribution is -2.31. The average Bonchev–Trinajstić information content (AvgIpc) is 2.74. The lowest BCUT2D eigenvalue weighted by molar-refractivity contribution is 0.245. The minimum Gasteiger partial charge on any atom is -0.306 e. The van der Waals surface area contributed by atoms with E-state index in [1.807, 2.05) is 22.7 Å². The molecule has 3 rings (SSSR count). The monoisotopic (exact) mass is 250 g/mol. The first-order valence-electron chi connectivity index (χ1n) is 5.93. The van der Waals surface area contributed by atoms with E-state index in [0.717, 1.165) is 18.0 Å². The molecule has 1 saturated heterocycles. The maximum absolute atomic E-state index is 6.10. The fourth-order valence-corrected chi connectivity index (χ4v) is 2.76. The van der Waals surface area contributed by atoms with Crippen LogP contribution >= 0.6 is 11.6 Å². The summed E-state index contributed by atoms with van der Waals surface area (Å²) in [5.74, 6) is 1.50. The summed E-state index contributed by atoms with van der Waals surface area (Å²) in [6, 6.07) is 3.79. The molecule has 1 atom stereocenters. The second-order valence-corrected chi connectivity index (χ2v) is 5.12. The zero-order valence-corrected chi connectivity index (χ0v) is 10.6. The molecular weight excluding hydrogens is 236 g/mol. The Morgan fingerprint density at radius 1 is 1.41 bits per heavy atom. The molecule has 90 valence electrons. The molecule has 0 aromatic carbocycles. The van der Waals surface area contributed by atoms with Crippen molar-refractivity contribution in [2.45, 2.75) is 18.8 Å². The van der Waals surface area contributed by atoms with Crippen LogP contribution < -0.4 is 0 Å². The third kappa shape index (κ3) is 1.91. The molecule has 3 heterocycles. The van der Waals surface area contributed by atoms with Crippen LogP contribution in [-0.4, -0.2) is 39.6 Å². The first-order chi connectivity index (χ1) is 8.25. The highest BCUT2D eigenvalue weighted by Gasteiger charge is 2.23. The van der Waals surface area contributed by atoms with Crippen LogP contribution in [0.2, 0.25) is 5.02 Å². The number of pyridine rings is 1. The summed E-state index contributed by atoms with van der Waals surface area (Å²) in [7, 11) is 2.16. The molecule has 5 heteroatoms. The van der Waals surface area contributed by atoms with Gasteiger partial charge < -0.3 is 4.90 Å². The standard InChI is InChI=1S/C12H15ClN4/c1-16-6-2-4-9(8-16)11-14-15-12-10(13)5-3-7-17(11)12/h3,5,7,9H,2,4,6,8H2,1H3. The number of fused-ring (bicyclic) bond motifs is 1. The Labute approximate surface area is 105 Å². The predicted octanol–water partition coefficient (Wildman–Crippen LogP) is 2.19. The van der Waals surface area contributed by atoms with Crippen molar-refractivity contribution in [1.82, 2.24) is 19.5 Å². The van der Waals surface area contributed by atoms with Crippen LogP contribution in [0, 0.1) is 0 Å². The van der Waals surface area contributed by atoms with Gasteiger partial charge in [0.05, 0.1) is 5.02 Å². The maximum atomic E-state index is 6.10. The van der Waals surface area contributed by atoms with Gasteiger partial charge in [0, 0.05) is 18.7 Å². The zero-order chi connectivity index (χ0) is 11.8. The van der Waals surface area contributed by atoms with Gasteiger partial charge in [0.2, 0.25) is 0 Å². The topological polar surface area (TPSA) is 33.4 Å². The molecular formula is C12H15ClN4. The van der Waals surface area contributed by atoms with E-state index in [1.54, 1.807) is 0 Å². The Balaban J connectivity index is 2.02. The van der Waals surface area contributed by atoms with Crippen molar-refractivity contribution in [3.05, 3.63) is 29.2 Å². The minimum absolute atomic E-state index is 0.460. The number of rotatable bonds is 1. The van der Waals surface area contributed by atoms with E-state index >= 15 is 0 Å². The molecule has 4 nitrogen and oxygen atoms in total. The predicted molar refractivity (Wildman–Crippen MR) is 67.5 cm³/mol. The molecule has 0 aliphatic carbocycles. The van der Waals surface area contributed by atoms with Crippen LogP contribution in [0.1, 0.15) is 24.6 Å². The second kappa shape index (κ2) is 4.27. The van der Waals surface area contributed by atoms with Crippen LogP contribution in [0.3, 0.4) is 0 Å². The first-order valence-corrected chi connectivity index (χ1v) is 6.31. The Morgan fingerprint density at radius 2 is 2.29 bits per heavy atom. The normalized spacial score (nSPS) is 22.1. The largest absolute Gasteiger partial charge is 0.306 e. The Hall–Kier alpha value is -1.13. The maximum Gasteiger partial charge on any atom is 0.179 e. The molecule has 0 spiro atoms. The van der Waals surface area contributed by atoms with Gasteiger partial charge in [0.1, 0.15) is 5.82 Å². The lowest BCUT2D eigenvalue weighted by atomic mass is 9.98. The minimum atomic E-state index is 0.460. The van der Waals surface area contributed by atoms with E-state index in [9.17, 15) is 0 Å². The third-order valence-corrected chi connectivity index (χ3v) is 3.70. The van der Waals surface area contributed by atoms with E-state index in [2.05, 4.69) is 22.1 Å². The van der Waals surface area contributed by atoms with Gasteiger partial charge in [-0.2, -0.15) is 0 Å². The van der Waals surface area contributed by atoms with Crippen molar-refractivity contribution >= 4 is 17.2 Å². The number of hydrogen-bond acceptors (Lipinski definition) is 3. The van der Waals surface area contributed by atoms with Crippen molar-refractivity contribution in [1.29, 1.82) is 0 Å². The Kier molecular flexibility index (Phi) is 2.76. The molecule has 0 N–H and O–H groups in total. The van der Waals surface area contributed by atoms with E-state index in [0.29, 0.717) is 10.9 Å². The quantitative estimate of drug-likeness (QED) is 0.778. The van der Waals surface area contributed by atoms with E-state index in [4.69, 9.17) is 11.6 Å². The van der Waals surface area contributed by atoms with Crippen LogP contribution in [-0.2, 0) is 0 Å². The van der Waals surface area contributed by atoms with Crippen molar-refractivity contribution in [2.75, 3.05) is 20.1 Å². The molecule has 2 aromatic heterocycles. The second-order valence-electron chi connectivity index (χ2n) is 4.71. The van der Waals surface area contributed by atoms with Gasteiger partial charge >= 0.3 is 0 Å².